The van der Waals surface area contributed by atoms with E-state index in [1.165, 1.54) is 6.33 Å². The van der Waals surface area contributed by atoms with Crippen LogP contribution < -0.4 is 16.6 Å². The second kappa shape index (κ2) is 6.39. The van der Waals surface area contributed by atoms with E-state index in [1.807, 2.05) is 0 Å². The highest BCUT2D eigenvalue weighted by molar-refractivity contribution is 5.55. The number of nitrogens with two attached hydrogens (primary N) is 1. The molecule has 0 bridgehead atoms. The number of hydrogen-bond acceptors (Lipinski definition) is 5. The van der Waals surface area contributed by atoms with Gasteiger partial charge in [-0.3, -0.25) is 0 Å². The molecule has 1 heterocycles. The standard InChI is InChI=1S/C10H16F3N5/c1-7-8(16-6-17-9(7)18-14)15-5-3-2-4-10(11,12)13/h6H,2-5,14H2,1H3,(H2,15,16,17,18). The number of aromatic nitrogens is 2. The molecule has 1 aromatic rings. The van der Waals surface area contributed by atoms with Crippen LogP contribution in [0.5, 0.6) is 0 Å². The molecule has 0 aromatic carbocycles. The van der Waals surface area contributed by atoms with Crippen LogP contribution in [0, 0.1) is 6.92 Å². The van der Waals surface area contributed by atoms with Crippen LogP contribution in [0.4, 0.5) is 24.8 Å². The van der Waals surface area contributed by atoms with Gasteiger partial charge in [-0.05, 0) is 19.8 Å². The molecule has 5 nitrogen and oxygen atoms in total. The maximum Gasteiger partial charge on any atom is 0.389 e. The Morgan fingerprint density at radius 3 is 2.50 bits per heavy atom. The Labute approximate surface area is 103 Å². The minimum absolute atomic E-state index is 0.0998. The highest BCUT2D eigenvalue weighted by atomic mass is 19.4. The quantitative estimate of drug-likeness (QED) is 0.417. The number of anilines is 2. The Bertz CT molecular complexity index is 380. The highest BCUT2D eigenvalue weighted by Gasteiger charge is 2.25. The molecule has 0 radical (unpaired) electrons. The number of unbranched alkanes of at least 4 members (excludes halogenated alkanes) is 1. The van der Waals surface area contributed by atoms with E-state index >= 15 is 0 Å². The summed E-state index contributed by atoms with van der Waals surface area (Å²) in [6.45, 7) is 2.20. The summed E-state index contributed by atoms with van der Waals surface area (Å²) in [5.74, 6) is 6.31. The van der Waals surface area contributed by atoms with E-state index in [0.717, 1.165) is 5.56 Å². The van der Waals surface area contributed by atoms with Crippen molar-refractivity contribution >= 4 is 11.6 Å². The van der Waals surface area contributed by atoms with Crippen molar-refractivity contribution < 1.29 is 13.2 Å². The van der Waals surface area contributed by atoms with Crippen LogP contribution in [0.15, 0.2) is 6.33 Å². The molecule has 0 spiro atoms. The van der Waals surface area contributed by atoms with Gasteiger partial charge in [-0.2, -0.15) is 13.2 Å². The Hall–Kier alpha value is -1.57. The molecule has 0 aliphatic rings. The molecule has 0 unspecified atom stereocenters. The maximum atomic E-state index is 11.9. The van der Waals surface area contributed by atoms with Crippen molar-refractivity contribution in [1.29, 1.82) is 0 Å². The van der Waals surface area contributed by atoms with Crippen LogP contribution >= 0.6 is 0 Å². The molecule has 0 saturated carbocycles. The first-order valence-electron chi connectivity index (χ1n) is 5.53. The topological polar surface area (TPSA) is 75.9 Å². The van der Waals surface area contributed by atoms with Crippen LogP contribution in [0.1, 0.15) is 24.8 Å². The van der Waals surface area contributed by atoms with Gasteiger partial charge < -0.3 is 10.7 Å². The highest BCUT2D eigenvalue weighted by Crippen LogP contribution is 2.22. The van der Waals surface area contributed by atoms with Gasteiger partial charge in [0.15, 0.2) is 0 Å². The minimum Gasteiger partial charge on any atom is -0.370 e. The summed E-state index contributed by atoms with van der Waals surface area (Å²) in [6.07, 6.45) is -2.98. The fourth-order valence-electron chi connectivity index (χ4n) is 1.43. The first-order valence-corrected chi connectivity index (χ1v) is 5.53. The van der Waals surface area contributed by atoms with E-state index in [4.69, 9.17) is 5.84 Å². The number of nitrogens with one attached hydrogen (secondary N) is 2. The van der Waals surface area contributed by atoms with Gasteiger partial charge in [0.1, 0.15) is 18.0 Å². The van der Waals surface area contributed by atoms with Crippen molar-refractivity contribution in [3.8, 4) is 0 Å². The minimum atomic E-state index is -4.08. The summed E-state index contributed by atoms with van der Waals surface area (Å²) < 4.78 is 35.7. The molecule has 1 aromatic heterocycles. The van der Waals surface area contributed by atoms with Crippen molar-refractivity contribution in [3.05, 3.63) is 11.9 Å². The number of nitrogens with zero attached hydrogens (tertiary/aromatic N) is 2. The third-order valence-electron chi connectivity index (χ3n) is 2.40. The molecular formula is C10H16F3N5. The van der Waals surface area contributed by atoms with Gasteiger partial charge in [0.2, 0.25) is 0 Å². The number of nitrogen functional groups attached to an aromatic ring is 1. The van der Waals surface area contributed by atoms with Gasteiger partial charge in [-0.15, -0.1) is 0 Å². The van der Waals surface area contributed by atoms with E-state index in [9.17, 15) is 13.2 Å². The zero-order valence-corrected chi connectivity index (χ0v) is 10.0. The van der Waals surface area contributed by atoms with Crippen molar-refractivity contribution in [2.75, 3.05) is 17.3 Å². The predicted octanol–water partition coefficient (Wildman–Crippen LogP) is 2.22. The zero-order chi connectivity index (χ0) is 13.6. The lowest BCUT2D eigenvalue weighted by Crippen LogP contribution is -2.13. The summed E-state index contributed by atoms with van der Waals surface area (Å²) in [5.41, 5.74) is 3.15. The third-order valence-corrected chi connectivity index (χ3v) is 2.40. The Morgan fingerprint density at radius 1 is 1.22 bits per heavy atom. The lowest BCUT2D eigenvalue weighted by atomic mass is 10.2. The number of hydrazine groups is 1. The second-order valence-corrected chi connectivity index (χ2v) is 3.84. The number of halogens is 3. The van der Waals surface area contributed by atoms with Crippen LogP contribution in [0.25, 0.3) is 0 Å². The van der Waals surface area contributed by atoms with Gasteiger partial charge >= 0.3 is 6.18 Å². The van der Waals surface area contributed by atoms with Gasteiger partial charge in [0.05, 0.1) is 0 Å². The fraction of sp³-hybridized carbons (Fsp3) is 0.600. The molecule has 0 atom stereocenters. The number of rotatable bonds is 6. The Kier molecular flexibility index (Phi) is 5.14. The zero-order valence-electron chi connectivity index (χ0n) is 10.0. The normalized spacial score (nSPS) is 11.4. The molecule has 0 aliphatic heterocycles. The van der Waals surface area contributed by atoms with Crippen LogP contribution in [0.3, 0.4) is 0 Å². The summed E-state index contributed by atoms with van der Waals surface area (Å²) in [6, 6.07) is 0. The molecule has 1 rings (SSSR count). The summed E-state index contributed by atoms with van der Waals surface area (Å²) >= 11 is 0. The molecule has 0 fully saturated rings. The van der Waals surface area contributed by atoms with E-state index in [2.05, 4.69) is 20.7 Å². The van der Waals surface area contributed by atoms with Gasteiger partial charge in [0, 0.05) is 18.5 Å². The fourth-order valence-corrected chi connectivity index (χ4v) is 1.43. The molecule has 8 heteroatoms. The van der Waals surface area contributed by atoms with Crippen molar-refractivity contribution in [3.63, 3.8) is 0 Å². The van der Waals surface area contributed by atoms with E-state index in [-0.39, 0.29) is 6.42 Å². The van der Waals surface area contributed by atoms with Crippen LogP contribution in [0.2, 0.25) is 0 Å². The van der Waals surface area contributed by atoms with Gasteiger partial charge in [-0.1, -0.05) is 0 Å². The smallest absolute Gasteiger partial charge is 0.370 e. The molecular weight excluding hydrogens is 247 g/mol. The third kappa shape index (κ3) is 4.74. The lowest BCUT2D eigenvalue weighted by Gasteiger charge is -2.11. The van der Waals surface area contributed by atoms with E-state index in [0.29, 0.717) is 24.6 Å². The molecule has 0 saturated heterocycles. The second-order valence-electron chi connectivity index (χ2n) is 3.84. The maximum absolute atomic E-state index is 11.9. The van der Waals surface area contributed by atoms with Crippen LogP contribution in [-0.2, 0) is 0 Å². The summed E-state index contributed by atoms with van der Waals surface area (Å²) in [4.78, 5) is 7.89. The largest absolute Gasteiger partial charge is 0.389 e. The molecule has 0 aliphatic carbocycles. The van der Waals surface area contributed by atoms with Crippen molar-refractivity contribution in [2.45, 2.75) is 32.4 Å². The van der Waals surface area contributed by atoms with Crippen molar-refractivity contribution in [1.82, 2.24) is 9.97 Å². The SMILES string of the molecule is Cc1c(NN)ncnc1NCCCCC(F)(F)F. The van der Waals surface area contributed by atoms with Crippen molar-refractivity contribution in [2.24, 2.45) is 5.84 Å². The lowest BCUT2D eigenvalue weighted by molar-refractivity contribution is -0.135. The average Bonchev–Trinajstić information content (AvgIpc) is 2.29. The summed E-state index contributed by atoms with van der Waals surface area (Å²) in [5, 5.41) is 2.96. The first kappa shape index (κ1) is 14.5. The Morgan fingerprint density at radius 2 is 1.89 bits per heavy atom. The monoisotopic (exact) mass is 263 g/mol. The first-order chi connectivity index (χ1) is 8.44. The number of alkyl halides is 3. The average molecular weight is 263 g/mol. The van der Waals surface area contributed by atoms with Gasteiger partial charge in [-0.25, -0.2) is 15.8 Å². The van der Waals surface area contributed by atoms with E-state index in [1.54, 1.807) is 6.92 Å². The molecule has 4 N–H and O–H groups in total. The number of hydrogen-bond donors (Lipinski definition) is 3. The molecule has 102 valence electrons. The van der Waals surface area contributed by atoms with Crippen LogP contribution in [-0.4, -0.2) is 22.7 Å². The van der Waals surface area contributed by atoms with E-state index < -0.39 is 12.6 Å². The van der Waals surface area contributed by atoms with Gasteiger partial charge in [0.25, 0.3) is 0 Å². The summed E-state index contributed by atoms with van der Waals surface area (Å²) in [7, 11) is 0. The predicted molar refractivity (Wildman–Crippen MR) is 63.0 cm³/mol. The Balaban J connectivity index is 2.36. The molecule has 18 heavy (non-hydrogen) atoms. The molecule has 0 amide bonds.